The Kier molecular flexibility index (Phi) is 1.95. The molecule has 0 aromatic heterocycles. The van der Waals surface area contributed by atoms with E-state index in [1.807, 2.05) is 18.2 Å². The van der Waals surface area contributed by atoms with Gasteiger partial charge in [-0.25, -0.2) is 0 Å². The van der Waals surface area contributed by atoms with Gasteiger partial charge in [-0.05, 0) is 6.42 Å². The highest BCUT2D eigenvalue weighted by Gasteiger charge is 2.27. The maximum atomic E-state index is 9.49. The molecule has 0 radical (unpaired) electrons. The lowest BCUT2D eigenvalue weighted by Gasteiger charge is -2.30. The molecule has 0 aliphatic heterocycles. The third-order valence-corrected chi connectivity index (χ3v) is 2.32. The van der Waals surface area contributed by atoms with Gasteiger partial charge < -0.3 is 5.11 Å². The molecule has 0 bridgehead atoms. The Morgan fingerprint density at radius 1 is 1.50 bits per heavy atom. The molecule has 56 valence electrons. The van der Waals surface area contributed by atoms with E-state index in [0.29, 0.717) is 0 Å². The zero-order valence-electron chi connectivity index (χ0n) is 6.54. The molecular weight excluding hydrogens is 124 g/mol. The zero-order valence-corrected chi connectivity index (χ0v) is 6.54. The van der Waals surface area contributed by atoms with E-state index < -0.39 is 0 Å². The van der Waals surface area contributed by atoms with Gasteiger partial charge in [-0.3, -0.25) is 0 Å². The summed E-state index contributed by atoms with van der Waals surface area (Å²) in [5.41, 5.74) is -0.0330. The van der Waals surface area contributed by atoms with Crippen LogP contribution in [0.1, 0.15) is 20.3 Å². The van der Waals surface area contributed by atoms with Gasteiger partial charge in [-0.2, -0.15) is 0 Å². The number of hydrogen-bond donors (Lipinski definition) is 1. The van der Waals surface area contributed by atoms with Gasteiger partial charge >= 0.3 is 0 Å². The Morgan fingerprint density at radius 3 is 2.60 bits per heavy atom. The lowest BCUT2D eigenvalue weighted by molar-refractivity contribution is 0.108. The van der Waals surface area contributed by atoms with Crippen LogP contribution in [0, 0.1) is 5.41 Å². The standard InChI is InChI=1S/C9H14O/c1-3-9(2)7-5-4-6-8(9)10/h4-8,10H,3H2,1-2H3. The van der Waals surface area contributed by atoms with E-state index in [-0.39, 0.29) is 11.5 Å². The van der Waals surface area contributed by atoms with E-state index in [9.17, 15) is 5.11 Å². The first-order chi connectivity index (χ1) is 4.69. The van der Waals surface area contributed by atoms with Crippen LogP contribution < -0.4 is 0 Å². The number of aliphatic hydroxyl groups is 1. The summed E-state index contributed by atoms with van der Waals surface area (Å²) in [7, 11) is 0. The molecule has 0 aromatic carbocycles. The third kappa shape index (κ3) is 1.14. The molecule has 0 heterocycles. The van der Waals surface area contributed by atoms with Crippen molar-refractivity contribution in [2.75, 3.05) is 0 Å². The van der Waals surface area contributed by atoms with Crippen LogP contribution in [0.2, 0.25) is 0 Å². The molecule has 0 saturated heterocycles. The highest BCUT2D eigenvalue weighted by Crippen LogP contribution is 2.30. The molecule has 1 rings (SSSR count). The van der Waals surface area contributed by atoms with E-state index in [1.54, 1.807) is 0 Å². The number of allylic oxidation sites excluding steroid dienone is 2. The Bertz CT molecular complexity index is 170. The Labute approximate surface area is 62.1 Å². The summed E-state index contributed by atoms with van der Waals surface area (Å²) in [6.07, 6.45) is 8.47. The van der Waals surface area contributed by atoms with Crippen molar-refractivity contribution in [2.45, 2.75) is 26.4 Å². The second-order valence-electron chi connectivity index (χ2n) is 3.05. The monoisotopic (exact) mass is 138 g/mol. The molecule has 1 heteroatoms. The quantitative estimate of drug-likeness (QED) is 0.586. The topological polar surface area (TPSA) is 20.2 Å². The van der Waals surface area contributed by atoms with Crippen molar-refractivity contribution in [3.05, 3.63) is 24.3 Å². The van der Waals surface area contributed by atoms with Crippen molar-refractivity contribution in [3.8, 4) is 0 Å². The van der Waals surface area contributed by atoms with Crippen molar-refractivity contribution in [2.24, 2.45) is 5.41 Å². The van der Waals surface area contributed by atoms with Gasteiger partial charge in [0.1, 0.15) is 0 Å². The predicted molar refractivity (Wildman–Crippen MR) is 42.7 cm³/mol. The molecule has 2 atom stereocenters. The van der Waals surface area contributed by atoms with E-state index in [4.69, 9.17) is 0 Å². The molecule has 0 fully saturated rings. The summed E-state index contributed by atoms with van der Waals surface area (Å²) in [6.45, 7) is 4.16. The van der Waals surface area contributed by atoms with Gasteiger partial charge in [-0.1, -0.05) is 38.2 Å². The predicted octanol–water partition coefficient (Wildman–Crippen LogP) is 1.89. The summed E-state index contributed by atoms with van der Waals surface area (Å²) in [5.74, 6) is 0. The van der Waals surface area contributed by atoms with Gasteiger partial charge in [0.25, 0.3) is 0 Å². The van der Waals surface area contributed by atoms with Crippen molar-refractivity contribution in [1.29, 1.82) is 0 Å². The summed E-state index contributed by atoms with van der Waals surface area (Å²) >= 11 is 0. The smallest absolute Gasteiger partial charge is 0.0811 e. The van der Waals surface area contributed by atoms with Crippen LogP contribution in [0.3, 0.4) is 0 Å². The third-order valence-electron chi connectivity index (χ3n) is 2.32. The minimum absolute atomic E-state index is 0.0330. The van der Waals surface area contributed by atoms with Gasteiger partial charge in [0.05, 0.1) is 6.10 Å². The van der Waals surface area contributed by atoms with E-state index in [2.05, 4.69) is 19.9 Å². The van der Waals surface area contributed by atoms with Crippen LogP contribution in [0.15, 0.2) is 24.3 Å². The lowest BCUT2D eigenvalue weighted by Crippen LogP contribution is -2.29. The number of rotatable bonds is 1. The summed E-state index contributed by atoms with van der Waals surface area (Å²) in [5, 5.41) is 9.49. The molecule has 0 amide bonds. The summed E-state index contributed by atoms with van der Waals surface area (Å²) in [6, 6.07) is 0. The largest absolute Gasteiger partial charge is 0.388 e. The molecular formula is C9H14O. The molecule has 1 N–H and O–H groups in total. The zero-order chi connectivity index (χ0) is 7.61. The maximum absolute atomic E-state index is 9.49. The normalized spacial score (nSPS) is 38.5. The fraction of sp³-hybridized carbons (Fsp3) is 0.556. The van der Waals surface area contributed by atoms with Crippen LogP contribution >= 0.6 is 0 Å². The summed E-state index contributed by atoms with van der Waals surface area (Å²) < 4.78 is 0. The van der Waals surface area contributed by atoms with Gasteiger partial charge in [-0.15, -0.1) is 0 Å². The second-order valence-corrected chi connectivity index (χ2v) is 3.05. The molecule has 2 unspecified atom stereocenters. The highest BCUT2D eigenvalue weighted by molar-refractivity contribution is 5.19. The molecule has 1 aliphatic rings. The molecule has 0 spiro atoms. The van der Waals surface area contributed by atoms with Crippen LogP contribution in [0.5, 0.6) is 0 Å². The van der Waals surface area contributed by atoms with Crippen LogP contribution in [-0.4, -0.2) is 11.2 Å². The Balaban J connectivity index is 2.77. The van der Waals surface area contributed by atoms with Gasteiger partial charge in [0.15, 0.2) is 0 Å². The first-order valence-electron chi connectivity index (χ1n) is 3.73. The van der Waals surface area contributed by atoms with Gasteiger partial charge in [0.2, 0.25) is 0 Å². The first-order valence-corrected chi connectivity index (χ1v) is 3.73. The number of aliphatic hydroxyl groups excluding tert-OH is 1. The van der Waals surface area contributed by atoms with Crippen molar-refractivity contribution in [1.82, 2.24) is 0 Å². The maximum Gasteiger partial charge on any atom is 0.0811 e. The van der Waals surface area contributed by atoms with E-state index in [0.717, 1.165) is 6.42 Å². The van der Waals surface area contributed by atoms with E-state index in [1.165, 1.54) is 0 Å². The molecule has 10 heavy (non-hydrogen) atoms. The van der Waals surface area contributed by atoms with Crippen molar-refractivity contribution < 1.29 is 5.11 Å². The van der Waals surface area contributed by atoms with Crippen LogP contribution in [-0.2, 0) is 0 Å². The average molecular weight is 138 g/mol. The van der Waals surface area contributed by atoms with Crippen molar-refractivity contribution in [3.63, 3.8) is 0 Å². The van der Waals surface area contributed by atoms with Crippen LogP contribution in [0.4, 0.5) is 0 Å². The van der Waals surface area contributed by atoms with Crippen LogP contribution in [0.25, 0.3) is 0 Å². The lowest BCUT2D eigenvalue weighted by atomic mass is 9.79. The molecule has 1 aliphatic carbocycles. The SMILES string of the molecule is CCC1(C)C=CC=CC1O. The van der Waals surface area contributed by atoms with Crippen molar-refractivity contribution >= 4 is 0 Å². The fourth-order valence-corrected chi connectivity index (χ4v) is 1.09. The van der Waals surface area contributed by atoms with E-state index >= 15 is 0 Å². The summed E-state index contributed by atoms with van der Waals surface area (Å²) in [4.78, 5) is 0. The Morgan fingerprint density at radius 2 is 2.20 bits per heavy atom. The number of hydrogen-bond acceptors (Lipinski definition) is 1. The van der Waals surface area contributed by atoms with Gasteiger partial charge in [0, 0.05) is 5.41 Å². The second kappa shape index (κ2) is 2.59. The molecule has 0 saturated carbocycles. The minimum Gasteiger partial charge on any atom is -0.388 e. The average Bonchev–Trinajstić information content (AvgIpc) is 1.96. The Hall–Kier alpha value is -0.560. The molecule has 0 aromatic rings. The first kappa shape index (κ1) is 7.55. The fourth-order valence-electron chi connectivity index (χ4n) is 1.09. The molecule has 1 nitrogen and oxygen atoms in total. The minimum atomic E-state index is -0.303. The highest BCUT2D eigenvalue weighted by atomic mass is 16.3.